The van der Waals surface area contributed by atoms with Gasteiger partial charge in [-0.15, -0.1) is 0 Å². The van der Waals surface area contributed by atoms with Gasteiger partial charge >= 0.3 is 10.8 Å². The predicted octanol–water partition coefficient (Wildman–Crippen LogP) is 1.47. The van der Waals surface area contributed by atoms with E-state index < -0.39 is 17.4 Å². The standard InChI is InChI=1S/C4H5BrF2O3/c1-3(8)10-9-2-4(5,6)7/h2H2,1H3. The van der Waals surface area contributed by atoms with Crippen molar-refractivity contribution in [2.45, 2.75) is 11.8 Å². The van der Waals surface area contributed by atoms with E-state index in [9.17, 15) is 13.6 Å². The number of carbonyl (C=O) groups is 1. The summed E-state index contributed by atoms with van der Waals surface area (Å²) in [5.41, 5.74) is 0. The molecule has 0 fully saturated rings. The van der Waals surface area contributed by atoms with Crippen molar-refractivity contribution in [3.05, 3.63) is 0 Å². The van der Waals surface area contributed by atoms with Crippen molar-refractivity contribution in [1.29, 1.82) is 0 Å². The molecule has 0 rings (SSSR count). The molecule has 0 aliphatic heterocycles. The van der Waals surface area contributed by atoms with Crippen LogP contribution >= 0.6 is 15.9 Å². The minimum absolute atomic E-state index is 0.767. The Morgan fingerprint density at radius 1 is 1.70 bits per heavy atom. The first-order valence-electron chi connectivity index (χ1n) is 2.28. The summed E-state index contributed by atoms with van der Waals surface area (Å²) >= 11 is 1.98. The topological polar surface area (TPSA) is 35.5 Å². The fraction of sp³-hybridized carbons (Fsp3) is 0.750. The molecular formula is C4H5BrF2O3. The van der Waals surface area contributed by atoms with E-state index in [1.54, 1.807) is 0 Å². The smallest absolute Gasteiger partial charge is 0.298 e. The first-order chi connectivity index (χ1) is 4.42. The van der Waals surface area contributed by atoms with E-state index in [4.69, 9.17) is 0 Å². The molecule has 10 heavy (non-hydrogen) atoms. The van der Waals surface area contributed by atoms with Crippen LogP contribution in [0.4, 0.5) is 8.78 Å². The molecule has 0 saturated heterocycles. The van der Waals surface area contributed by atoms with E-state index in [0.717, 1.165) is 6.92 Å². The number of hydrogen-bond donors (Lipinski definition) is 0. The normalized spacial score (nSPS) is 11.2. The summed E-state index contributed by atoms with van der Waals surface area (Å²) in [6, 6.07) is 0. The van der Waals surface area contributed by atoms with Gasteiger partial charge in [0.15, 0.2) is 6.61 Å². The summed E-state index contributed by atoms with van der Waals surface area (Å²) in [5, 5.41) is 0. The lowest BCUT2D eigenvalue weighted by Gasteiger charge is -2.05. The van der Waals surface area contributed by atoms with Crippen LogP contribution in [0.15, 0.2) is 0 Å². The fourth-order valence-corrected chi connectivity index (χ4v) is 0.273. The second-order valence-electron chi connectivity index (χ2n) is 1.45. The molecule has 3 nitrogen and oxygen atoms in total. The first kappa shape index (κ1) is 9.77. The van der Waals surface area contributed by atoms with Crippen LogP contribution in [0.2, 0.25) is 0 Å². The molecule has 0 saturated carbocycles. The van der Waals surface area contributed by atoms with Crippen molar-refractivity contribution in [3.63, 3.8) is 0 Å². The molecule has 0 radical (unpaired) electrons. The van der Waals surface area contributed by atoms with Gasteiger partial charge < -0.3 is 0 Å². The maximum Gasteiger partial charge on any atom is 0.339 e. The minimum Gasteiger partial charge on any atom is -0.298 e. The minimum atomic E-state index is -3.15. The highest BCUT2D eigenvalue weighted by Gasteiger charge is 2.25. The fourth-order valence-electron chi connectivity index (χ4n) is 0.179. The maximum absolute atomic E-state index is 11.8. The van der Waals surface area contributed by atoms with E-state index >= 15 is 0 Å². The molecule has 0 unspecified atom stereocenters. The summed E-state index contributed by atoms with van der Waals surface area (Å²) in [4.78, 5) is 14.4. The molecule has 0 heterocycles. The van der Waals surface area contributed by atoms with Gasteiger partial charge in [-0.1, -0.05) is 0 Å². The zero-order valence-electron chi connectivity index (χ0n) is 5.07. The third kappa shape index (κ3) is 7.77. The summed E-state index contributed by atoms with van der Waals surface area (Å²) in [6.45, 7) is 0.0545. The molecular weight excluding hydrogens is 214 g/mol. The lowest BCUT2D eigenvalue weighted by Crippen LogP contribution is -2.16. The van der Waals surface area contributed by atoms with Gasteiger partial charge in [0.2, 0.25) is 0 Å². The van der Waals surface area contributed by atoms with Crippen LogP contribution in [-0.2, 0) is 14.6 Å². The SMILES string of the molecule is CC(=O)OOCC(F)(F)Br. The van der Waals surface area contributed by atoms with Crippen molar-refractivity contribution in [2.24, 2.45) is 0 Å². The third-order valence-electron chi connectivity index (χ3n) is 0.399. The molecule has 0 N–H and O–H groups in total. The monoisotopic (exact) mass is 218 g/mol. The van der Waals surface area contributed by atoms with E-state index in [-0.39, 0.29) is 0 Å². The molecule has 60 valence electrons. The van der Waals surface area contributed by atoms with Gasteiger partial charge in [-0.2, -0.15) is 13.7 Å². The summed E-state index contributed by atoms with van der Waals surface area (Å²) in [5.74, 6) is -0.767. The Hall–Kier alpha value is -0.230. The molecule has 0 amide bonds. The highest BCUT2D eigenvalue weighted by atomic mass is 79.9. The van der Waals surface area contributed by atoms with Gasteiger partial charge in [-0.05, 0) is 15.9 Å². The average molecular weight is 219 g/mol. The molecule has 0 aromatic heterocycles. The predicted molar refractivity (Wildman–Crippen MR) is 31.6 cm³/mol. The van der Waals surface area contributed by atoms with Crippen LogP contribution in [0.3, 0.4) is 0 Å². The van der Waals surface area contributed by atoms with Gasteiger partial charge in [0, 0.05) is 6.92 Å². The number of rotatable bonds is 3. The Bertz CT molecular complexity index is 122. The number of hydrogen-bond acceptors (Lipinski definition) is 3. The van der Waals surface area contributed by atoms with Gasteiger partial charge in [0.25, 0.3) is 0 Å². The summed E-state index contributed by atoms with van der Waals surface area (Å²) in [6.07, 6.45) is 0. The second kappa shape index (κ2) is 3.82. The van der Waals surface area contributed by atoms with Crippen LogP contribution in [0.5, 0.6) is 0 Å². The van der Waals surface area contributed by atoms with E-state index in [1.165, 1.54) is 0 Å². The Morgan fingerprint density at radius 2 is 2.20 bits per heavy atom. The molecule has 0 bridgehead atoms. The molecule has 6 heteroatoms. The van der Waals surface area contributed by atoms with Crippen molar-refractivity contribution >= 4 is 21.9 Å². The van der Waals surface area contributed by atoms with E-state index in [0.29, 0.717) is 0 Å². The zero-order valence-corrected chi connectivity index (χ0v) is 6.65. The van der Waals surface area contributed by atoms with Crippen molar-refractivity contribution in [1.82, 2.24) is 0 Å². The largest absolute Gasteiger partial charge is 0.339 e. The number of alkyl halides is 3. The van der Waals surface area contributed by atoms with Crippen LogP contribution < -0.4 is 0 Å². The van der Waals surface area contributed by atoms with Crippen LogP contribution in [0, 0.1) is 0 Å². The van der Waals surface area contributed by atoms with Crippen molar-refractivity contribution in [3.8, 4) is 0 Å². The Balaban J connectivity index is 3.29. The van der Waals surface area contributed by atoms with Crippen molar-refractivity contribution < 1.29 is 23.4 Å². The number of carbonyl (C=O) groups excluding carboxylic acids is 1. The molecule has 0 atom stereocenters. The highest BCUT2D eigenvalue weighted by molar-refractivity contribution is 9.10. The van der Waals surface area contributed by atoms with Gasteiger partial charge in [0.05, 0.1) is 0 Å². The average Bonchev–Trinajstić information content (AvgIpc) is 1.59. The van der Waals surface area contributed by atoms with E-state index in [1.807, 2.05) is 15.9 Å². The Labute approximate surface area is 64.4 Å². The number of halogens is 3. The molecule has 0 spiro atoms. The summed E-state index contributed by atoms with van der Waals surface area (Å²) in [7, 11) is 0. The van der Waals surface area contributed by atoms with Gasteiger partial charge in [-0.3, -0.25) is 4.89 Å². The molecule has 0 aliphatic carbocycles. The quantitative estimate of drug-likeness (QED) is 0.409. The molecule has 0 aliphatic rings. The maximum atomic E-state index is 11.8. The second-order valence-corrected chi connectivity index (χ2v) is 2.61. The Kier molecular flexibility index (Phi) is 3.73. The molecule has 0 aromatic carbocycles. The van der Waals surface area contributed by atoms with Gasteiger partial charge in [0.1, 0.15) is 0 Å². The van der Waals surface area contributed by atoms with Crippen LogP contribution in [-0.4, -0.2) is 17.4 Å². The highest BCUT2D eigenvalue weighted by Crippen LogP contribution is 2.21. The summed E-state index contributed by atoms with van der Waals surface area (Å²) < 4.78 is 23.5. The first-order valence-corrected chi connectivity index (χ1v) is 3.08. The van der Waals surface area contributed by atoms with Gasteiger partial charge in [-0.25, -0.2) is 4.79 Å². The van der Waals surface area contributed by atoms with Crippen molar-refractivity contribution in [2.75, 3.05) is 6.61 Å². The lowest BCUT2D eigenvalue weighted by molar-refractivity contribution is -0.285. The lowest BCUT2D eigenvalue weighted by atomic mass is 10.8. The zero-order chi connectivity index (χ0) is 8.20. The molecule has 0 aromatic rings. The van der Waals surface area contributed by atoms with E-state index in [2.05, 4.69) is 9.78 Å². The third-order valence-corrected chi connectivity index (χ3v) is 0.628. The Morgan fingerprint density at radius 3 is 2.50 bits per heavy atom. The van der Waals surface area contributed by atoms with Crippen LogP contribution in [0.1, 0.15) is 6.92 Å². The van der Waals surface area contributed by atoms with Crippen LogP contribution in [0.25, 0.3) is 0 Å².